The SMILES string of the molecule is CCCNC(C)c1cnc(N2CCN3CCCCC3C2)s1. The van der Waals surface area contributed by atoms with E-state index in [9.17, 15) is 0 Å². The Morgan fingerprint density at radius 2 is 2.29 bits per heavy atom. The van der Waals surface area contributed by atoms with Crippen molar-refractivity contribution in [1.82, 2.24) is 15.2 Å². The number of nitrogens with zero attached hydrogens (tertiary/aromatic N) is 3. The fourth-order valence-corrected chi connectivity index (χ4v) is 4.39. The summed E-state index contributed by atoms with van der Waals surface area (Å²) in [5.41, 5.74) is 0. The monoisotopic (exact) mass is 308 g/mol. The van der Waals surface area contributed by atoms with Crippen molar-refractivity contribution >= 4 is 16.5 Å². The third kappa shape index (κ3) is 3.58. The molecule has 3 rings (SSSR count). The van der Waals surface area contributed by atoms with Crippen LogP contribution in [0.5, 0.6) is 0 Å². The second-order valence-electron chi connectivity index (χ2n) is 6.35. The molecule has 118 valence electrons. The van der Waals surface area contributed by atoms with Gasteiger partial charge in [-0.1, -0.05) is 13.3 Å². The van der Waals surface area contributed by atoms with Crippen molar-refractivity contribution in [2.24, 2.45) is 0 Å². The van der Waals surface area contributed by atoms with Crippen molar-refractivity contribution in [1.29, 1.82) is 0 Å². The zero-order valence-corrected chi connectivity index (χ0v) is 14.2. The van der Waals surface area contributed by atoms with E-state index >= 15 is 0 Å². The van der Waals surface area contributed by atoms with Crippen molar-refractivity contribution in [3.8, 4) is 0 Å². The summed E-state index contributed by atoms with van der Waals surface area (Å²) in [6, 6.07) is 1.18. The minimum Gasteiger partial charge on any atom is -0.345 e. The molecule has 2 saturated heterocycles. The lowest BCUT2D eigenvalue weighted by molar-refractivity contribution is 0.133. The van der Waals surface area contributed by atoms with Crippen LogP contribution < -0.4 is 10.2 Å². The number of rotatable bonds is 5. The van der Waals surface area contributed by atoms with Gasteiger partial charge in [0.15, 0.2) is 5.13 Å². The zero-order valence-electron chi connectivity index (χ0n) is 13.3. The fraction of sp³-hybridized carbons (Fsp3) is 0.812. The summed E-state index contributed by atoms with van der Waals surface area (Å²) < 4.78 is 0. The summed E-state index contributed by atoms with van der Waals surface area (Å²) >= 11 is 1.87. The molecule has 2 unspecified atom stereocenters. The molecule has 2 atom stereocenters. The molecular formula is C16H28N4S. The average molecular weight is 308 g/mol. The summed E-state index contributed by atoms with van der Waals surface area (Å²) in [5.74, 6) is 0. The number of piperazine rings is 1. The van der Waals surface area contributed by atoms with E-state index in [1.165, 1.54) is 55.3 Å². The van der Waals surface area contributed by atoms with Crippen molar-refractivity contribution in [3.05, 3.63) is 11.1 Å². The molecule has 3 heterocycles. The van der Waals surface area contributed by atoms with Gasteiger partial charge in [-0.3, -0.25) is 4.90 Å². The summed E-state index contributed by atoms with van der Waals surface area (Å²) in [6.45, 7) is 10.4. The Hall–Kier alpha value is -0.650. The molecular weight excluding hydrogens is 280 g/mol. The van der Waals surface area contributed by atoms with E-state index in [0.717, 1.165) is 19.1 Å². The molecule has 0 bridgehead atoms. The van der Waals surface area contributed by atoms with Crippen LogP contribution in [-0.2, 0) is 0 Å². The summed E-state index contributed by atoms with van der Waals surface area (Å²) in [7, 11) is 0. The first kappa shape index (κ1) is 15.3. The van der Waals surface area contributed by atoms with Crippen LogP contribution in [0.1, 0.15) is 50.4 Å². The first-order valence-corrected chi connectivity index (χ1v) is 9.27. The molecule has 2 aliphatic heterocycles. The molecule has 2 fully saturated rings. The van der Waals surface area contributed by atoms with Gasteiger partial charge in [0.1, 0.15) is 0 Å². The number of nitrogens with one attached hydrogen (secondary N) is 1. The Kier molecular flexibility index (Phi) is 5.14. The number of anilines is 1. The topological polar surface area (TPSA) is 31.4 Å². The molecule has 1 aromatic rings. The Bertz CT molecular complexity index is 447. The van der Waals surface area contributed by atoms with Gasteiger partial charge in [0.05, 0.1) is 0 Å². The van der Waals surface area contributed by atoms with E-state index in [4.69, 9.17) is 4.98 Å². The largest absolute Gasteiger partial charge is 0.345 e. The maximum absolute atomic E-state index is 4.69. The second-order valence-corrected chi connectivity index (χ2v) is 7.39. The van der Waals surface area contributed by atoms with Crippen LogP contribution in [0.2, 0.25) is 0 Å². The van der Waals surface area contributed by atoms with E-state index in [-0.39, 0.29) is 0 Å². The summed E-state index contributed by atoms with van der Waals surface area (Å²) in [5, 5.41) is 4.78. The lowest BCUT2D eigenvalue weighted by atomic mass is 10.00. The number of thiazole rings is 1. The smallest absolute Gasteiger partial charge is 0.185 e. The highest BCUT2D eigenvalue weighted by atomic mass is 32.1. The van der Waals surface area contributed by atoms with E-state index in [2.05, 4.69) is 35.2 Å². The molecule has 21 heavy (non-hydrogen) atoms. The van der Waals surface area contributed by atoms with Gasteiger partial charge in [0.25, 0.3) is 0 Å². The third-order valence-corrected chi connectivity index (χ3v) is 5.99. The molecule has 0 amide bonds. The van der Waals surface area contributed by atoms with Crippen LogP contribution in [0.3, 0.4) is 0 Å². The Balaban J connectivity index is 1.60. The highest BCUT2D eigenvalue weighted by Gasteiger charge is 2.30. The standard InChI is InChI=1S/C16H28N4S/c1-3-7-17-13(2)15-11-18-16(21-15)20-10-9-19-8-5-4-6-14(19)12-20/h11,13-14,17H,3-10,12H2,1-2H3. The minimum atomic E-state index is 0.423. The lowest BCUT2D eigenvalue weighted by Crippen LogP contribution is -2.54. The van der Waals surface area contributed by atoms with Gasteiger partial charge in [-0.2, -0.15) is 0 Å². The van der Waals surface area contributed by atoms with Crippen molar-refractivity contribution in [3.63, 3.8) is 0 Å². The van der Waals surface area contributed by atoms with Gasteiger partial charge in [-0.05, 0) is 39.3 Å². The molecule has 1 N–H and O–H groups in total. The van der Waals surface area contributed by atoms with Crippen LogP contribution in [-0.4, -0.2) is 48.6 Å². The molecule has 0 aliphatic carbocycles. The normalized spacial score (nSPS) is 24.9. The van der Waals surface area contributed by atoms with Crippen LogP contribution in [0.4, 0.5) is 5.13 Å². The van der Waals surface area contributed by atoms with Crippen LogP contribution in [0.25, 0.3) is 0 Å². The summed E-state index contributed by atoms with van der Waals surface area (Å²) in [6.07, 6.45) is 7.40. The number of fused-ring (bicyclic) bond motifs is 1. The number of hydrogen-bond acceptors (Lipinski definition) is 5. The first-order valence-electron chi connectivity index (χ1n) is 8.46. The van der Waals surface area contributed by atoms with Gasteiger partial charge >= 0.3 is 0 Å². The first-order chi connectivity index (χ1) is 10.3. The van der Waals surface area contributed by atoms with E-state index in [0.29, 0.717) is 6.04 Å². The number of hydrogen-bond donors (Lipinski definition) is 1. The highest BCUT2D eigenvalue weighted by Crippen LogP contribution is 2.30. The second kappa shape index (κ2) is 7.07. The molecule has 2 aliphatic rings. The number of piperidine rings is 1. The molecule has 0 saturated carbocycles. The molecule has 0 aromatic carbocycles. The average Bonchev–Trinajstić information content (AvgIpc) is 3.02. The lowest BCUT2D eigenvalue weighted by Gasteiger charge is -2.44. The quantitative estimate of drug-likeness (QED) is 0.906. The van der Waals surface area contributed by atoms with Gasteiger partial charge in [0.2, 0.25) is 0 Å². The maximum atomic E-state index is 4.69. The zero-order chi connectivity index (χ0) is 14.7. The molecule has 4 nitrogen and oxygen atoms in total. The van der Waals surface area contributed by atoms with Crippen molar-refractivity contribution < 1.29 is 0 Å². The van der Waals surface area contributed by atoms with Crippen LogP contribution in [0.15, 0.2) is 6.20 Å². The Morgan fingerprint density at radius 3 is 3.14 bits per heavy atom. The predicted molar refractivity (Wildman–Crippen MR) is 90.2 cm³/mol. The predicted octanol–water partition coefficient (Wildman–Crippen LogP) is 2.88. The van der Waals surface area contributed by atoms with Crippen LogP contribution >= 0.6 is 11.3 Å². The maximum Gasteiger partial charge on any atom is 0.185 e. The van der Waals surface area contributed by atoms with Gasteiger partial charge in [-0.25, -0.2) is 4.98 Å². The van der Waals surface area contributed by atoms with Crippen molar-refractivity contribution in [2.75, 3.05) is 37.6 Å². The molecule has 1 aromatic heterocycles. The highest BCUT2D eigenvalue weighted by molar-refractivity contribution is 7.15. The fourth-order valence-electron chi connectivity index (χ4n) is 3.41. The molecule has 0 spiro atoms. The van der Waals surface area contributed by atoms with E-state index in [1.54, 1.807) is 0 Å². The van der Waals surface area contributed by atoms with Gasteiger partial charge in [0, 0.05) is 42.8 Å². The van der Waals surface area contributed by atoms with Crippen LogP contribution in [0, 0.1) is 0 Å². The van der Waals surface area contributed by atoms with Gasteiger partial charge < -0.3 is 10.2 Å². The Labute approximate surface area is 132 Å². The molecule has 0 radical (unpaired) electrons. The Morgan fingerprint density at radius 1 is 1.38 bits per heavy atom. The molecule has 5 heteroatoms. The third-order valence-electron chi connectivity index (χ3n) is 4.75. The van der Waals surface area contributed by atoms with E-state index < -0.39 is 0 Å². The van der Waals surface area contributed by atoms with Crippen molar-refractivity contribution in [2.45, 2.75) is 51.6 Å². The number of aromatic nitrogens is 1. The summed E-state index contributed by atoms with van der Waals surface area (Å²) in [4.78, 5) is 11.2. The van der Waals surface area contributed by atoms with Gasteiger partial charge in [-0.15, -0.1) is 11.3 Å². The van der Waals surface area contributed by atoms with E-state index in [1.807, 2.05) is 11.3 Å². The minimum absolute atomic E-state index is 0.423.